The molecule has 6 saturated heterocycles. The Bertz CT molecular complexity index is 2600. The highest BCUT2D eigenvalue weighted by molar-refractivity contribution is 5.76. The second kappa shape index (κ2) is 56.4. The predicted molar refractivity (Wildman–Crippen MR) is 418 cm³/mol. The molecule has 6 heterocycles. The molecule has 0 aromatic carbocycles. The maximum atomic E-state index is 13.5. The maximum Gasteiger partial charge on any atom is 0.220 e. The number of allylic oxidation sites excluding steroid dienone is 1. The van der Waals surface area contributed by atoms with Crippen molar-refractivity contribution in [1.82, 2.24) is 10.6 Å². The fourth-order valence-corrected chi connectivity index (χ4v) is 16.1. The van der Waals surface area contributed by atoms with Crippen molar-refractivity contribution in [3.8, 4) is 0 Å². The topological polar surface area (TPSA) is 533 Å². The Morgan fingerprint density at radius 3 is 1.11 bits per heavy atom. The van der Waals surface area contributed by atoms with Crippen molar-refractivity contribution < 1.29 is 158 Å². The van der Waals surface area contributed by atoms with Gasteiger partial charge in [0.05, 0.1) is 57.9 Å². The number of carbonyl (C=O) groups excluding carboxylic acids is 2. The first-order chi connectivity index (χ1) is 55.9. The van der Waals surface area contributed by atoms with Crippen LogP contribution in [0.1, 0.15) is 259 Å². The van der Waals surface area contributed by atoms with E-state index in [1.54, 1.807) is 6.08 Å². The van der Waals surface area contributed by atoms with Crippen LogP contribution in [0.15, 0.2) is 12.2 Å². The molecule has 6 aliphatic heterocycles. The Kier molecular flexibility index (Phi) is 49.7. The van der Waals surface area contributed by atoms with Gasteiger partial charge in [0.25, 0.3) is 0 Å². The summed E-state index contributed by atoms with van der Waals surface area (Å²) in [6.07, 6.45) is -9.74. The van der Waals surface area contributed by atoms with Crippen molar-refractivity contribution in [2.24, 2.45) is 0 Å². The number of amides is 2. The van der Waals surface area contributed by atoms with E-state index in [1.807, 2.05) is 6.08 Å². The standard InChI is InChI=1S/C82H150N2O32/c1-5-7-9-11-13-15-17-19-20-21-22-23-24-25-26-27-28-30-32-34-36-38-40-42-58(92)84-51(52(91)41-39-37-35-33-31-29-18-16-14-12-10-8-6-2)48-105-79-67(100)64(97)72(55(45-87)109-79)114-81-69(102)66(99)73(57(47-89)111-81)115-80-68(101)65(98)71(56(46-88)110-80)113-78-59(83-50(4)90)74(61(94)53(43-85)107-78)116-82-70(103)75(62(95)54(44-86)108-82)112-76-63(96)60(93)49(3)106-77(76)104/h39,41,49,51-57,59-82,85-89,91,93-104H,5-38,40,42-48H2,1-4H3,(H,83,90)(H,84,92)/b41-39+/t49?,51-,52+,53?,54?,55?,56?,57?,59?,60+,61-,62-,63?,64+,65+,66+,67?,68?,69?,70?,71-,72+,73-,74+,75-,76-,77+,78-,79+,80-,81-,82-/m0/s1. The minimum atomic E-state index is -2.24. The smallest absolute Gasteiger partial charge is 0.220 e. The summed E-state index contributed by atoms with van der Waals surface area (Å²) in [6.45, 7) is 1.45. The second-order valence-electron chi connectivity index (χ2n) is 32.7. The van der Waals surface area contributed by atoms with Crippen molar-refractivity contribution in [2.75, 3.05) is 39.6 Å². The zero-order chi connectivity index (χ0) is 84.6. The van der Waals surface area contributed by atoms with Crippen LogP contribution in [0.3, 0.4) is 0 Å². The Hall–Kier alpha value is -2.52. The quantitative estimate of drug-likeness (QED) is 0.0304. The van der Waals surface area contributed by atoms with Crippen molar-refractivity contribution in [2.45, 2.75) is 455 Å². The summed E-state index contributed by atoms with van der Waals surface area (Å²) in [6, 6.07) is -2.81. The van der Waals surface area contributed by atoms with Crippen molar-refractivity contribution in [1.29, 1.82) is 0 Å². The summed E-state index contributed by atoms with van der Waals surface area (Å²) >= 11 is 0. The molecule has 0 aromatic heterocycles. The number of unbranched alkanes of at least 4 members (excludes halogenated alkanes) is 33. The van der Waals surface area contributed by atoms with E-state index in [-0.39, 0.29) is 12.3 Å². The van der Waals surface area contributed by atoms with E-state index >= 15 is 0 Å². The van der Waals surface area contributed by atoms with Gasteiger partial charge in [0.2, 0.25) is 11.8 Å². The minimum absolute atomic E-state index is 0.191. The molecule has 0 bridgehead atoms. The molecule has 34 heteroatoms. The summed E-state index contributed by atoms with van der Waals surface area (Å²) in [5.41, 5.74) is 0. The van der Waals surface area contributed by atoms with E-state index in [4.69, 9.17) is 56.8 Å². The highest BCUT2D eigenvalue weighted by Gasteiger charge is 2.58. The number of hydrogen-bond acceptors (Lipinski definition) is 32. The molecule has 6 fully saturated rings. The molecule has 0 saturated carbocycles. The predicted octanol–water partition coefficient (Wildman–Crippen LogP) is 1.58. The summed E-state index contributed by atoms with van der Waals surface area (Å²) in [5, 5.41) is 206. The van der Waals surface area contributed by atoms with Gasteiger partial charge < -0.3 is 159 Å². The van der Waals surface area contributed by atoms with Gasteiger partial charge in [0.15, 0.2) is 37.7 Å². The van der Waals surface area contributed by atoms with Crippen LogP contribution in [0.4, 0.5) is 0 Å². The van der Waals surface area contributed by atoms with Crippen LogP contribution in [-0.4, -0.2) is 340 Å². The van der Waals surface area contributed by atoms with Gasteiger partial charge in [-0.2, -0.15) is 0 Å². The van der Waals surface area contributed by atoms with Crippen molar-refractivity contribution in [3.05, 3.63) is 12.2 Å². The van der Waals surface area contributed by atoms with Crippen molar-refractivity contribution in [3.63, 3.8) is 0 Å². The minimum Gasteiger partial charge on any atom is -0.394 e. The van der Waals surface area contributed by atoms with Crippen LogP contribution >= 0.6 is 0 Å². The molecule has 2 amide bonds. The van der Waals surface area contributed by atoms with Crippen LogP contribution in [0.2, 0.25) is 0 Å². The first kappa shape index (κ1) is 102. The molecule has 20 N–H and O–H groups in total. The van der Waals surface area contributed by atoms with E-state index < -0.39 is 242 Å². The molecular weight excluding hydrogens is 1520 g/mol. The monoisotopic (exact) mass is 1680 g/mol. The molecule has 0 aromatic rings. The lowest BCUT2D eigenvalue weighted by Gasteiger charge is -2.50. The highest BCUT2D eigenvalue weighted by atomic mass is 16.8. The van der Waals surface area contributed by atoms with Gasteiger partial charge in [-0.25, -0.2) is 0 Å². The molecule has 12 unspecified atom stereocenters. The Labute approximate surface area is 685 Å². The first-order valence-corrected chi connectivity index (χ1v) is 43.8. The van der Waals surface area contributed by atoms with Crippen molar-refractivity contribution >= 4 is 11.8 Å². The number of rotatable bonds is 58. The molecule has 0 radical (unpaired) electrons. The molecule has 116 heavy (non-hydrogen) atoms. The Morgan fingerprint density at radius 1 is 0.362 bits per heavy atom. The van der Waals surface area contributed by atoms with E-state index in [2.05, 4.69) is 24.5 Å². The average Bonchev–Trinajstić information content (AvgIpc) is 0.770. The third-order valence-corrected chi connectivity index (χ3v) is 23.3. The van der Waals surface area contributed by atoms with Gasteiger partial charge in [-0.05, 0) is 26.2 Å². The number of hydrogen-bond donors (Lipinski definition) is 20. The zero-order valence-electron chi connectivity index (χ0n) is 69.1. The van der Waals surface area contributed by atoms with Gasteiger partial charge in [-0.1, -0.05) is 231 Å². The second-order valence-corrected chi connectivity index (χ2v) is 32.7. The van der Waals surface area contributed by atoms with E-state index in [9.17, 15) is 102 Å². The maximum absolute atomic E-state index is 13.5. The summed E-state index contributed by atoms with van der Waals surface area (Å²) in [5.74, 6) is -1.17. The zero-order valence-corrected chi connectivity index (χ0v) is 69.1. The fourth-order valence-electron chi connectivity index (χ4n) is 16.1. The Morgan fingerprint density at radius 2 is 0.698 bits per heavy atom. The molecule has 34 nitrogen and oxygen atoms in total. The van der Waals surface area contributed by atoms with E-state index in [1.165, 1.54) is 167 Å². The third-order valence-electron chi connectivity index (χ3n) is 23.3. The molecule has 32 atom stereocenters. The summed E-state index contributed by atoms with van der Waals surface area (Å²) in [4.78, 5) is 26.4. The lowest BCUT2D eigenvalue weighted by atomic mass is 9.94. The lowest BCUT2D eigenvalue weighted by Crippen LogP contribution is -2.70. The van der Waals surface area contributed by atoms with E-state index in [0.717, 1.165) is 58.3 Å². The highest BCUT2D eigenvalue weighted by Crippen LogP contribution is 2.38. The molecule has 680 valence electrons. The van der Waals surface area contributed by atoms with Gasteiger partial charge in [0, 0.05) is 13.3 Å². The van der Waals surface area contributed by atoms with Crippen LogP contribution in [0, 0.1) is 0 Å². The SMILES string of the molecule is CCCCCCCCCCCCC/C=C/[C@@H](O)[C@H](CO[C@@H]1OC(CO)[C@@H](O[C@@H]2OC(CO)[C@H](O[C@@H]3OC(CO)[C@H](O[C@@H]4OC(CO)[C@H](O)[C@H](O[C@@H]5OC(CO)[C@H](O)[C@H](O[C@H]6C(O)[C@H](O)C(C)O[C@H]6O)C5O)C4NC(C)=O)[C@H](O)C3O)[C@H](O)C2O)[C@H](O)C1O)NC(=O)CCCCCCCCCCCCCCCCCCCCCCCCC. The van der Waals surface area contributed by atoms with Crippen LogP contribution < -0.4 is 10.6 Å². The van der Waals surface area contributed by atoms with Gasteiger partial charge in [0.1, 0.15) is 140 Å². The number of nitrogens with one attached hydrogen (secondary N) is 2. The Balaban J connectivity index is 1.00. The van der Waals surface area contributed by atoms with Crippen LogP contribution in [-0.2, 0) is 66.4 Å². The van der Waals surface area contributed by atoms with Crippen LogP contribution in [0.5, 0.6) is 0 Å². The average molecular weight is 1680 g/mol. The van der Waals surface area contributed by atoms with Gasteiger partial charge in [-0.3, -0.25) is 9.59 Å². The fraction of sp³-hybridized carbons (Fsp3) is 0.951. The van der Waals surface area contributed by atoms with E-state index in [0.29, 0.717) is 12.8 Å². The molecule has 0 aliphatic carbocycles. The van der Waals surface area contributed by atoms with Gasteiger partial charge >= 0.3 is 0 Å². The number of aliphatic hydroxyl groups excluding tert-OH is 18. The molecule has 0 spiro atoms. The lowest BCUT2D eigenvalue weighted by molar-refractivity contribution is -0.389. The summed E-state index contributed by atoms with van der Waals surface area (Å²) < 4.78 is 70.1. The number of aliphatic hydroxyl groups is 18. The van der Waals surface area contributed by atoms with Crippen LogP contribution in [0.25, 0.3) is 0 Å². The first-order valence-electron chi connectivity index (χ1n) is 43.8. The molecule has 6 rings (SSSR count). The third kappa shape index (κ3) is 32.5. The normalized spacial score (nSPS) is 36.4. The van der Waals surface area contributed by atoms with Gasteiger partial charge in [-0.15, -0.1) is 0 Å². The summed E-state index contributed by atoms with van der Waals surface area (Å²) in [7, 11) is 0. The largest absolute Gasteiger partial charge is 0.394 e. The number of carbonyl (C=O) groups is 2. The molecule has 6 aliphatic rings. The molecular formula is C82H150N2O32. The number of ether oxygens (including phenoxy) is 12.